The van der Waals surface area contributed by atoms with Gasteiger partial charge in [-0.2, -0.15) is 0 Å². The van der Waals surface area contributed by atoms with Crippen molar-refractivity contribution >= 4 is 11.9 Å². The van der Waals surface area contributed by atoms with Crippen molar-refractivity contribution < 1.29 is 14.7 Å². The second-order valence-electron chi connectivity index (χ2n) is 6.11. The summed E-state index contributed by atoms with van der Waals surface area (Å²) >= 11 is 0. The molecule has 3 rings (SSSR count). The summed E-state index contributed by atoms with van der Waals surface area (Å²) in [5, 5.41) is 9.55. The standard InChI is InChI=1S/C17H21NO3/c19-15(9-8-12-4-3-5-12)18-11-10-13-6-1-2-7-14(13)16(18)17(20)21/h1-2,6-7,12,16H,3-5,8-11H2,(H,20,21). The summed E-state index contributed by atoms with van der Waals surface area (Å²) in [5.41, 5.74) is 1.82. The van der Waals surface area contributed by atoms with Gasteiger partial charge in [-0.3, -0.25) is 4.79 Å². The van der Waals surface area contributed by atoms with E-state index in [1.165, 1.54) is 19.3 Å². The van der Waals surface area contributed by atoms with Crippen LogP contribution in [0.15, 0.2) is 24.3 Å². The largest absolute Gasteiger partial charge is 0.479 e. The summed E-state index contributed by atoms with van der Waals surface area (Å²) in [7, 11) is 0. The summed E-state index contributed by atoms with van der Waals surface area (Å²) in [4.78, 5) is 25.6. The summed E-state index contributed by atoms with van der Waals surface area (Å²) in [6.45, 7) is 0.511. The number of carboxylic acids is 1. The number of fused-ring (bicyclic) bond motifs is 1. The molecule has 0 aromatic heterocycles. The summed E-state index contributed by atoms with van der Waals surface area (Å²) in [6, 6.07) is 6.74. The first-order valence-corrected chi connectivity index (χ1v) is 7.77. The van der Waals surface area contributed by atoms with Crippen LogP contribution in [-0.4, -0.2) is 28.4 Å². The molecule has 1 aromatic rings. The molecule has 1 saturated carbocycles. The Balaban J connectivity index is 1.75. The molecule has 1 fully saturated rings. The number of carbonyl (C=O) groups excluding carboxylic acids is 1. The van der Waals surface area contributed by atoms with E-state index in [2.05, 4.69) is 0 Å². The summed E-state index contributed by atoms with van der Waals surface area (Å²) < 4.78 is 0. The predicted molar refractivity (Wildman–Crippen MR) is 78.8 cm³/mol. The van der Waals surface area contributed by atoms with Crippen molar-refractivity contribution in [3.8, 4) is 0 Å². The monoisotopic (exact) mass is 287 g/mol. The van der Waals surface area contributed by atoms with Crippen molar-refractivity contribution in [2.24, 2.45) is 5.92 Å². The molecule has 1 aliphatic heterocycles. The van der Waals surface area contributed by atoms with Crippen LogP contribution in [-0.2, 0) is 16.0 Å². The molecule has 1 unspecified atom stereocenters. The maximum absolute atomic E-state index is 12.4. The zero-order valence-corrected chi connectivity index (χ0v) is 12.1. The van der Waals surface area contributed by atoms with Gasteiger partial charge in [0.15, 0.2) is 6.04 Å². The van der Waals surface area contributed by atoms with Crippen LogP contribution in [0.5, 0.6) is 0 Å². The van der Waals surface area contributed by atoms with E-state index in [-0.39, 0.29) is 5.91 Å². The van der Waals surface area contributed by atoms with Gasteiger partial charge in [-0.15, -0.1) is 0 Å². The van der Waals surface area contributed by atoms with Gasteiger partial charge in [0.05, 0.1) is 0 Å². The van der Waals surface area contributed by atoms with E-state index in [1.807, 2.05) is 24.3 Å². The summed E-state index contributed by atoms with van der Waals surface area (Å²) in [6.07, 6.45) is 5.85. The Labute approximate surface area is 124 Å². The highest BCUT2D eigenvalue weighted by atomic mass is 16.4. The summed E-state index contributed by atoms with van der Waals surface area (Å²) in [5.74, 6) is -0.266. The molecule has 1 heterocycles. The third-order valence-corrected chi connectivity index (χ3v) is 4.83. The maximum atomic E-state index is 12.4. The minimum absolute atomic E-state index is 0.0104. The van der Waals surface area contributed by atoms with E-state index in [0.717, 1.165) is 24.0 Å². The van der Waals surface area contributed by atoms with Gasteiger partial charge in [-0.05, 0) is 29.9 Å². The molecule has 4 heteroatoms. The van der Waals surface area contributed by atoms with Gasteiger partial charge in [0.25, 0.3) is 0 Å². The molecule has 0 radical (unpaired) electrons. The van der Waals surface area contributed by atoms with Crippen molar-refractivity contribution in [3.05, 3.63) is 35.4 Å². The fourth-order valence-corrected chi connectivity index (χ4v) is 3.35. The molecule has 1 aromatic carbocycles. The molecule has 112 valence electrons. The number of hydrogen-bond acceptors (Lipinski definition) is 2. The number of carbonyl (C=O) groups is 2. The molecular formula is C17H21NO3. The van der Waals surface area contributed by atoms with Gasteiger partial charge in [0, 0.05) is 13.0 Å². The third-order valence-electron chi connectivity index (χ3n) is 4.83. The number of nitrogens with zero attached hydrogens (tertiary/aromatic N) is 1. The minimum atomic E-state index is -0.931. The van der Waals surface area contributed by atoms with Gasteiger partial charge in [0.2, 0.25) is 5.91 Å². The number of aliphatic carboxylic acids is 1. The quantitative estimate of drug-likeness (QED) is 0.926. The lowest BCUT2D eigenvalue weighted by Crippen LogP contribution is -2.43. The van der Waals surface area contributed by atoms with Crippen molar-refractivity contribution in [1.82, 2.24) is 4.90 Å². The van der Waals surface area contributed by atoms with Gasteiger partial charge in [-0.25, -0.2) is 4.79 Å². The molecule has 21 heavy (non-hydrogen) atoms. The Bertz CT molecular complexity index is 551. The molecule has 0 saturated heterocycles. The predicted octanol–water partition coefficient (Wildman–Crippen LogP) is 2.78. The Kier molecular flexibility index (Phi) is 3.95. The van der Waals surface area contributed by atoms with E-state index >= 15 is 0 Å². The lowest BCUT2D eigenvalue weighted by molar-refractivity contribution is -0.151. The van der Waals surface area contributed by atoms with Crippen molar-refractivity contribution in [2.75, 3.05) is 6.54 Å². The normalized spacial score (nSPS) is 21.5. The first kappa shape index (κ1) is 14.1. The number of benzene rings is 1. The molecule has 1 atom stereocenters. The average Bonchev–Trinajstić information content (AvgIpc) is 2.44. The minimum Gasteiger partial charge on any atom is -0.479 e. The Morgan fingerprint density at radius 2 is 2.00 bits per heavy atom. The number of carboxylic acid groups (broad SMARTS) is 1. The Hall–Kier alpha value is -1.84. The molecule has 1 aliphatic carbocycles. The molecule has 0 spiro atoms. The highest BCUT2D eigenvalue weighted by molar-refractivity contribution is 5.85. The van der Waals surface area contributed by atoms with Crippen molar-refractivity contribution in [3.63, 3.8) is 0 Å². The maximum Gasteiger partial charge on any atom is 0.331 e. The van der Waals surface area contributed by atoms with E-state index < -0.39 is 12.0 Å². The lowest BCUT2D eigenvalue weighted by Gasteiger charge is -2.35. The lowest BCUT2D eigenvalue weighted by atomic mass is 9.82. The average molecular weight is 287 g/mol. The molecular weight excluding hydrogens is 266 g/mol. The Morgan fingerprint density at radius 1 is 1.24 bits per heavy atom. The van der Waals surface area contributed by atoms with E-state index in [0.29, 0.717) is 18.9 Å². The van der Waals surface area contributed by atoms with Crippen LogP contribution in [0.25, 0.3) is 0 Å². The van der Waals surface area contributed by atoms with Gasteiger partial charge < -0.3 is 10.0 Å². The molecule has 1 N–H and O–H groups in total. The fraction of sp³-hybridized carbons (Fsp3) is 0.529. The van der Waals surface area contributed by atoms with Gasteiger partial charge in [-0.1, -0.05) is 43.5 Å². The highest BCUT2D eigenvalue weighted by Crippen LogP contribution is 2.33. The first-order chi connectivity index (χ1) is 10.2. The van der Waals surface area contributed by atoms with E-state index in [4.69, 9.17) is 0 Å². The molecule has 1 amide bonds. The first-order valence-electron chi connectivity index (χ1n) is 7.77. The van der Waals surface area contributed by atoms with Crippen LogP contribution >= 0.6 is 0 Å². The zero-order chi connectivity index (χ0) is 14.8. The number of amides is 1. The number of rotatable bonds is 4. The Morgan fingerprint density at radius 3 is 2.67 bits per heavy atom. The van der Waals surface area contributed by atoms with Crippen LogP contribution in [0.3, 0.4) is 0 Å². The second-order valence-corrected chi connectivity index (χ2v) is 6.11. The van der Waals surface area contributed by atoms with Gasteiger partial charge >= 0.3 is 5.97 Å². The second kappa shape index (κ2) is 5.88. The van der Waals surface area contributed by atoms with Crippen LogP contribution in [0.4, 0.5) is 0 Å². The zero-order valence-electron chi connectivity index (χ0n) is 12.1. The SMILES string of the molecule is O=C(O)C1c2ccccc2CCN1C(=O)CCC1CCC1. The molecule has 4 nitrogen and oxygen atoms in total. The van der Waals surface area contributed by atoms with Crippen LogP contribution in [0, 0.1) is 5.92 Å². The van der Waals surface area contributed by atoms with Crippen LogP contribution < -0.4 is 0 Å². The van der Waals surface area contributed by atoms with E-state index in [9.17, 15) is 14.7 Å². The topological polar surface area (TPSA) is 57.6 Å². The molecule has 0 bridgehead atoms. The van der Waals surface area contributed by atoms with E-state index in [1.54, 1.807) is 4.90 Å². The van der Waals surface area contributed by atoms with Gasteiger partial charge in [0.1, 0.15) is 0 Å². The number of hydrogen-bond donors (Lipinski definition) is 1. The third kappa shape index (κ3) is 2.80. The van der Waals surface area contributed by atoms with Crippen LogP contribution in [0.1, 0.15) is 49.3 Å². The fourth-order valence-electron chi connectivity index (χ4n) is 3.35. The van der Waals surface area contributed by atoms with Crippen molar-refractivity contribution in [1.29, 1.82) is 0 Å². The highest BCUT2D eigenvalue weighted by Gasteiger charge is 2.35. The van der Waals surface area contributed by atoms with Crippen LogP contribution in [0.2, 0.25) is 0 Å². The molecule has 2 aliphatic rings. The van der Waals surface area contributed by atoms with Crippen molar-refractivity contribution in [2.45, 2.75) is 44.6 Å². The smallest absolute Gasteiger partial charge is 0.331 e.